The second-order valence-electron chi connectivity index (χ2n) is 4.95. The molecule has 2 rings (SSSR count). The van der Waals surface area contributed by atoms with Crippen molar-refractivity contribution in [2.45, 2.75) is 38.2 Å². The summed E-state index contributed by atoms with van der Waals surface area (Å²) >= 11 is 0. The smallest absolute Gasteiger partial charge is 0.196 e. The molecule has 17 heavy (non-hydrogen) atoms. The molecule has 92 valence electrons. The molecule has 1 aliphatic carbocycles. The summed E-state index contributed by atoms with van der Waals surface area (Å²) in [6.07, 6.45) is 7.05. The first-order valence-corrected chi connectivity index (χ1v) is 6.18. The number of pyridine rings is 1. The highest BCUT2D eigenvalue weighted by molar-refractivity contribution is 6.02. The Morgan fingerprint density at radius 1 is 1.47 bits per heavy atom. The van der Waals surface area contributed by atoms with Gasteiger partial charge in [0.05, 0.1) is 0 Å². The van der Waals surface area contributed by atoms with Gasteiger partial charge in [0.25, 0.3) is 0 Å². The highest BCUT2D eigenvalue weighted by atomic mass is 16.5. The van der Waals surface area contributed by atoms with Crippen LogP contribution in [0.1, 0.15) is 43.0 Å². The molecule has 3 heteroatoms. The fourth-order valence-electron chi connectivity index (χ4n) is 2.51. The van der Waals surface area contributed by atoms with E-state index in [1.165, 1.54) is 0 Å². The first kappa shape index (κ1) is 12.2. The minimum atomic E-state index is -0.616. The van der Waals surface area contributed by atoms with Crippen LogP contribution in [0, 0.1) is 5.92 Å². The standard InChI is InChI=1S/C14H19NO2/c1-11-5-7-14(17-2,8-6-11)13(16)12-4-3-9-15-10-12/h3-4,9-11H,5-8H2,1-2H3. The molecule has 1 heterocycles. The zero-order valence-corrected chi connectivity index (χ0v) is 10.5. The first-order chi connectivity index (χ1) is 8.18. The van der Waals surface area contributed by atoms with Gasteiger partial charge in [-0.05, 0) is 43.7 Å². The Morgan fingerprint density at radius 2 is 2.18 bits per heavy atom. The molecule has 3 nitrogen and oxygen atoms in total. The van der Waals surface area contributed by atoms with Crippen molar-refractivity contribution in [3.63, 3.8) is 0 Å². The average Bonchev–Trinajstić information content (AvgIpc) is 2.40. The fourth-order valence-corrected chi connectivity index (χ4v) is 2.51. The van der Waals surface area contributed by atoms with E-state index >= 15 is 0 Å². The van der Waals surface area contributed by atoms with Crippen molar-refractivity contribution in [2.75, 3.05) is 7.11 Å². The number of Topliss-reactive ketones (excluding diaryl/α,β-unsaturated/α-hetero) is 1. The van der Waals surface area contributed by atoms with Gasteiger partial charge in [0.2, 0.25) is 0 Å². The van der Waals surface area contributed by atoms with Gasteiger partial charge >= 0.3 is 0 Å². The summed E-state index contributed by atoms with van der Waals surface area (Å²) in [5, 5.41) is 0. The van der Waals surface area contributed by atoms with Crippen molar-refractivity contribution in [2.24, 2.45) is 5.92 Å². The summed E-state index contributed by atoms with van der Waals surface area (Å²) in [6, 6.07) is 3.61. The van der Waals surface area contributed by atoms with Gasteiger partial charge < -0.3 is 4.74 Å². The molecule has 0 radical (unpaired) electrons. The van der Waals surface area contributed by atoms with E-state index < -0.39 is 5.60 Å². The maximum atomic E-state index is 12.5. The normalized spacial score (nSPS) is 28.9. The maximum absolute atomic E-state index is 12.5. The third-order valence-electron chi connectivity index (χ3n) is 3.81. The van der Waals surface area contributed by atoms with Gasteiger partial charge in [-0.2, -0.15) is 0 Å². The molecule has 0 unspecified atom stereocenters. The van der Waals surface area contributed by atoms with Crippen LogP contribution in [0.3, 0.4) is 0 Å². The zero-order chi connectivity index (χ0) is 12.3. The van der Waals surface area contributed by atoms with Crippen molar-refractivity contribution in [1.82, 2.24) is 4.98 Å². The van der Waals surface area contributed by atoms with E-state index in [9.17, 15) is 4.79 Å². The van der Waals surface area contributed by atoms with Crippen molar-refractivity contribution >= 4 is 5.78 Å². The molecule has 0 saturated heterocycles. The van der Waals surface area contributed by atoms with E-state index in [2.05, 4.69) is 11.9 Å². The Bertz CT molecular complexity index is 380. The number of ketones is 1. The third-order valence-corrected chi connectivity index (χ3v) is 3.81. The number of ether oxygens (including phenoxy) is 1. The van der Waals surface area contributed by atoms with Crippen LogP contribution in [0.2, 0.25) is 0 Å². The van der Waals surface area contributed by atoms with Crippen LogP contribution in [0.4, 0.5) is 0 Å². The summed E-state index contributed by atoms with van der Waals surface area (Å²) < 4.78 is 5.57. The van der Waals surface area contributed by atoms with E-state index in [1.54, 1.807) is 25.6 Å². The van der Waals surface area contributed by atoms with Gasteiger partial charge in [-0.25, -0.2) is 0 Å². The number of rotatable bonds is 3. The van der Waals surface area contributed by atoms with Crippen LogP contribution in [-0.4, -0.2) is 23.5 Å². The van der Waals surface area contributed by atoms with E-state index in [0.29, 0.717) is 11.5 Å². The first-order valence-electron chi connectivity index (χ1n) is 6.18. The highest BCUT2D eigenvalue weighted by Crippen LogP contribution is 2.36. The van der Waals surface area contributed by atoms with E-state index in [1.807, 2.05) is 6.07 Å². The zero-order valence-electron chi connectivity index (χ0n) is 10.5. The number of nitrogens with zero attached hydrogens (tertiary/aromatic N) is 1. The average molecular weight is 233 g/mol. The molecular formula is C14H19NO2. The molecular weight excluding hydrogens is 214 g/mol. The Labute approximate surface area is 102 Å². The summed E-state index contributed by atoms with van der Waals surface area (Å²) in [6.45, 7) is 2.23. The lowest BCUT2D eigenvalue weighted by Crippen LogP contribution is -2.43. The SMILES string of the molecule is COC1(C(=O)c2cccnc2)CCC(C)CC1. The Kier molecular flexibility index (Phi) is 3.57. The topological polar surface area (TPSA) is 39.2 Å². The maximum Gasteiger partial charge on any atom is 0.196 e. The summed E-state index contributed by atoms with van der Waals surface area (Å²) in [7, 11) is 1.64. The number of aromatic nitrogens is 1. The Morgan fingerprint density at radius 3 is 2.71 bits per heavy atom. The predicted octanol–water partition coefficient (Wildman–Crippen LogP) is 2.86. The molecule has 1 aromatic rings. The number of carbonyl (C=O) groups excluding carboxylic acids is 1. The molecule has 0 atom stereocenters. The summed E-state index contributed by atoms with van der Waals surface area (Å²) in [4.78, 5) is 16.5. The molecule has 0 aliphatic heterocycles. The molecule has 0 bridgehead atoms. The largest absolute Gasteiger partial charge is 0.370 e. The Hall–Kier alpha value is -1.22. The second-order valence-corrected chi connectivity index (χ2v) is 4.95. The summed E-state index contributed by atoms with van der Waals surface area (Å²) in [5.74, 6) is 0.778. The van der Waals surface area contributed by atoms with Gasteiger partial charge in [-0.15, -0.1) is 0 Å². The Balaban J connectivity index is 2.21. The van der Waals surface area contributed by atoms with E-state index in [4.69, 9.17) is 4.74 Å². The fraction of sp³-hybridized carbons (Fsp3) is 0.571. The minimum Gasteiger partial charge on any atom is -0.370 e. The van der Waals surface area contributed by atoms with Gasteiger partial charge in [-0.3, -0.25) is 9.78 Å². The molecule has 0 aromatic carbocycles. The third kappa shape index (κ3) is 2.39. The molecule has 0 amide bonds. The van der Waals surface area contributed by atoms with Crippen molar-refractivity contribution in [3.8, 4) is 0 Å². The number of carbonyl (C=O) groups is 1. The van der Waals surface area contributed by atoms with Crippen LogP contribution >= 0.6 is 0 Å². The number of methoxy groups -OCH3 is 1. The van der Waals surface area contributed by atoms with Crippen LogP contribution in [0.15, 0.2) is 24.5 Å². The van der Waals surface area contributed by atoms with Crippen molar-refractivity contribution in [1.29, 1.82) is 0 Å². The van der Waals surface area contributed by atoms with Gasteiger partial charge in [0.1, 0.15) is 5.60 Å². The van der Waals surface area contributed by atoms with Gasteiger partial charge in [-0.1, -0.05) is 6.92 Å². The molecule has 1 fully saturated rings. The van der Waals surface area contributed by atoms with Crippen LogP contribution in [0.25, 0.3) is 0 Å². The molecule has 0 spiro atoms. The van der Waals surface area contributed by atoms with Crippen molar-refractivity contribution < 1.29 is 9.53 Å². The monoisotopic (exact) mass is 233 g/mol. The lowest BCUT2D eigenvalue weighted by molar-refractivity contribution is -0.0263. The number of hydrogen-bond donors (Lipinski definition) is 0. The molecule has 0 N–H and O–H groups in total. The molecule has 1 saturated carbocycles. The minimum absolute atomic E-state index is 0.0833. The van der Waals surface area contributed by atoms with Crippen molar-refractivity contribution in [3.05, 3.63) is 30.1 Å². The van der Waals surface area contributed by atoms with Gasteiger partial charge in [0.15, 0.2) is 5.78 Å². The van der Waals surface area contributed by atoms with E-state index in [-0.39, 0.29) is 5.78 Å². The summed E-state index contributed by atoms with van der Waals surface area (Å²) in [5.41, 5.74) is 0.0409. The highest BCUT2D eigenvalue weighted by Gasteiger charge is 2.41. The van der Waals surface area contributed by atoms with Gasteiger partial charge in [0, 0.05) is 25.1 Å². The molecule has 1 aliphatic rings. The molecule has 1 aromatic heterocycles. The second kappa shape index (κ2) is 4.96. The quantitative estimate of drug-likeness (QED) is 0.753. The van der Waals surface area contributed by atoms with E-state index in [0.717, 1.165) is 25.7 Å². The lowest BCUT2D eigenvalue weighted by Gasteiger charge is -2.36. The lowest BCUT2D eigenvalue weighted by atomic mass is 9.76. The van der Waals surface area contributed by atoms with Crippen LogP contribution in [0.5, 0.6) is 0 Å². The number of hydrogen-bond acceptors (Lipinski definition) is 3. The van der Waals surface area contributed by atoms with Crippen LogP contribution < -0.4 is 0 Å². The van der Waals surface area contributed by atoms with Crippen LogP contribution in [-0.2, 0) is 4.74 Å². The predicted molar refractivity (Wildman–Crippen MR) is 65.9 cm³/mol.